The summed E-state index contributed by atoms with van der Waals surface area (Å²) < 4.78 is 1.60. The number of aryl methyl sites for hydroxylation is 1. The third-order valence-corrected chi connectivity index (χ3v) is 3.94. The summed E-state index contributed by atoms with van der Waals surface area (Å²) in [6.45, 7) is 6.61. The summed E-state index contributed by atoms with van der Waals surface area (Å²) in [7, 11) is 1.76. The van der Waals surface area contributed by atoms with Gasteiger partial charge in [-0.1, -0.05) is 45.0 Å². The van der Waals surface area contributed by atoms with Crippen molar-refractivity contribution in [3.63, 3.8) is 0 Å². The van der Waals surface area contributed by atoms with E-state index in [-0.39, 0.29) is 11.1 Å². The van der Waals surface area contributed by atoms with Crippen LogP contribution >= 0.6 is 0 Å². The molecular weight excluding hydrogens is 252 g/mol. The van der Waals surface area contributed by atoms with Crippen LogP contribution in [0.1, 0.15) is 43.2 Å². The first-order valence-electron chi connectivity index (χ1n) is 6.73. The molecule has 0 atom stereocenters. The minimum Gasteiger partial charge on any atom is -0.476 e. The Kier molecular flexibility index (Phi) is 3.66. The average Bonchev–Trinajstić information content (AvgIpc) is 2.81. The van der Waals surface area contributed by atoms with Crippen molar-refractivity contribution in [1.82, 2.24) is 9.78 Å². The lowest BCUT2D eigenvalue weighted by Gasteiger charge is -2.23. The van der Waals surface area contributed by atoms with E-state index >= 15 is 0 Å². The zero-order valence-corrected chi connectivity index (χ0v) is 12.3. The Bertz CT molecular complexity index is 624. The monoisotopic (exact) mass is 272 g/mol. The molecule has 0 spiro atoms. The Morgan fingerprint density at radius 2 is 1.90 bits per heavy atom. The first kappa shape index (κ1) is 14.3. The van der Waals surface area contributed by atoms with Crippen molar-refractivity contribution < 1.29 is 9.90 Å². The lowest BCUT2D eigenvalue weighted by atomic mass is 9.82. The van der Waals surface area contributed by atoms with Gasteiger partial charge in [0.05, 0.1) is 5.69 Å². The van der Waals surface area contributed by atoms with Gasteiger partial charge in [0, 0.05) is 7.05 Å². The molecule has 1 heterocycles. The van der Waals surface area contributed by atoms with Crippen LogP contribution in [-0.2, 0) is 12.5 Å². The first-order valence-corrected chi connectivity index (χ1v) is 6.73. The van der Waals surface area contributed by atoms with Crippen molar-refractivity contribution in [2.75, 3.05) is 0 Å². The van der Waals surface area contributed by atoms with Crippen LogP contribution in [0.15, 0.2) is 30.3 Å². The molecule has 0 bridgehead atoms. The Morgan fingerprint density at radius 3 is 2.35 bits per heavy atom. The maximum Gasteiger partial charge on any atom is 0.356 e. The van der Waals surface area contributed by atoms with E-state index in [0.717, 1.165) is 17.7 Å². The standard InChI is InChI=1S/C16H20N2O2/c1-5-16(2,3)12-8-6-11(7-9-12)14-10-13(15(19)20)17-18(14)4/h6-10H,5H2,1-4H3,(H,19,20). The fourth-order valence-electron chi connectivity index (χ4n) is 2.14. The molecule has 1 N–H and O–H groups in total. The van der Waals surface area contributed by atoms with Crippen molar-refractivity contribution in [2.45, 2.75) is 32.6 Å². The number of aromatic nitrogens is 2. The van der Waals surface area contributed by atoms with Crippen LogP contribution < -0.4 is 0 Å². The van der Waals surface area contributed by atoms with E-state index < -0.39 is 5.97 Å². The molecule has 0 aliphatic heterocycles. The van der Waals surface area contributed by atoms with Gasteiger partial charge in [-0.25, -0.2) is 4.79 Å². The molecular formula is C16H20N2O2. The predicted octanol–water partition coefficient (Wildman–Crippen LogP) is 3.47. The van der Waals surface area contributed by atoms with E-state index in [1.807, 2.05) is 12.1 Å². The smallest absolute Gasteiger partial charge is 0.356 e. The second-order valence-corrected chi connectivity index (χ2v) is 5.66. The number of hydrogen-bond acceptors (Lipinski definition) is 2. The van der Waals surface area contributed by atoms with Crippen molar-refractivity contribution in [2.24, 2.45) is 7.05 Å². The topological polar surface area (TPSA) is 55.1 Å². The van der Waals surface area contributed by atoms with Crippen LogP contribution in [0.3, 0.4) is 0 Å². The maximum absolute atomic E-state index is 10.9. The fraction of sp³-hybridized carbons (Fsp3) is 0.375. The van der Waals surface area contributed by atoms with E-state index in [9.17, 15) is 4.79 Å². The number of carboxylic acid groups (broad SMARTS) is 1. The molecule has 106 valence electrons. The lowest BCUT2D eigenvalue weighted by molar-refractivity contribution is 0.0689. The van der Waals surface area contributed by atoms with Gasteiger partial charge in [-0.05, 0) is 29.0 Å². The van der Waals surface area contributed by atoms with Crippen LogP contribution in [0, 0.1) is 0 Å². The van der Waals surface area contributed by atoms with Gasteiger partial charge >= 0.3 is 5.97 Å². The van der Waals surface area contributed by atoms with Gasteiger partial charge in [0.1, 0.15) is 0 Å². The van der Waals surface area contributed by atoms with Crippen LogP contribution in [0.25, 0.3) is 11.3 Å². The van der Waals surface area contributed by atoms with Gasteiger partial charge < -0.3 is 5.11 Å². The first-order chi connectivity index (χ1) is 9.35. The fourth-order valence-corrected chi connectivity index (χ4v) is 2.14. The molecule has 0 fully saturated rings. The Balaban J connectivity index is 2.38. The van der Waals surface area contributed by atoms with Gasteiger partial charge in [-0.15, -0.1) is 0 Å². The lowest BCUT2D eigenvalue weighted by Crippen LogP contribution is -2.15. The highest BCUT2D eigenvalue weighted by atomic mass is 16.4. The number of hydrogen-bond donors (Lipinski definition) is 1. The number of carbonyl (C=O) groups is 1. The highest BCUT2D eigenvalue weighted by Crippen LogP contribution is 2.29. The molecule has 2 aromatic rings. The maximum atomic E-state index is 10.9. The Labute approximate surface area is 119 Å². The van der Waals surface area contributed by atoms with Gasteiger partial charge in [0.2, 0.25) is 0 Å². The summed E-state index contributed by atoms with van der Waals surface area (Å²) >= 11 is 0. The quantitative estimate of drug-likeness (QED) is 0.927. The molecule has 1 aromatic carbocycles. The minimum absolute atomic E-state index is 0.0699. The third kappa shape index (κ3) is 2.59. The molecule has 2 rings (SSSR count). The van der Waals surface area contributed by atoms with Crippen molar-refractivity contribution in [3.05, 3.63) is 41.6 Å². The van der Waals surface area contributed by atoms with Gasteiger partial charge in [-0.3, -0.25) is 4.68 Å². The molecule has 0 amide bonds. The number of carboxylic acids is 1. The number of nitrogens with zero attached hydrogens (tertiary/aromatic N) is 2. The van der Waals surface area contributed by atoms with Crippen molar-refractivity contribution in [1.29, 1.82) is 0 Å². The van der Waals surface area contributed by atoms with E-state index in [1.165, 1.54) is 5.56 Å². The Hall–Kier alpha value is -2.10. The molecule has 20 heavy (non-hydrogen) atoms. The summed E-state index contributed by atoms with van der Waals surface area (Å²) in [5.74, 6) is -1.00. The van der Waals surface area contributed by atoms with E-state index in [4.69, 9.17) is 5.11 Å². The highest BCUT2D eigenvalue weighted by Gasteiger charge is 2.18. The van der Waals surface area contributed by atoms with E-state index in [0.29, 0.717) is 0 Å². The molecule has 0 saturated carbocycles. The van der Waals surface area contributed by atoms with Gasteiger partial charge in [-0.2, -0.15) is 5.10 Å². The minimum atomic E-state index is -1.00. The average molecular weight is 272 g/mol. The summed E-state index contributed by atoms with van der Waals surface area (Å²) in [5.41, 5.74) is 3.29. The summed E-state index contributed by atoms with van der Waals surface area (Å²) in [5, 5.41) is 13.0. The molecule has 0 aliphatic rings. The van der Waals surface area contributed by atoms with Crippen LogP contribution in [0.2, 0.25) is 0 Å². The van der Waals surface area contributed by atoms with Gasteiger partial charge in [0.15, 0.2) is 5.69 Å². The normalized spacial score (nSPS) is 11.6. The Morgan fingerprint density at radius 1 is 1.30 bits per heavy atom. The van der Waals surface area contributed by atoms with Gasteiger partial charge in [0.25, 0.3) is 0 Å². The molecule has 4 heteroatoms. The van der Waals surface area contributed by atoms with Crippen LogP contribution in [0.4, 0.5) is 0 Å². The number of rotatable bonds is 4. The largest absolute Gasteiger partial charge is 0.476 e. The number of aromatic carboxylic acids is 1. The summed E-state index contributed by atoms with van der Waals surface area (Å²) in [6.07, 6.45) is 1.07. The second-order valence-electron chi connectivity index (χ2n) is 5.66. The van der Waals surface area contributed by atoms with E-state index in [1.54, 1.807) is 17.8 Å². The summed E-state index contributed by atoms with van der Waals surface area (Å²) in [4.78, 5) is 10.9. The summed E-state index contributed by atoms with van der Waals surface area (Å²) in [6, 6.07) is 9.85. The van der Waals surface area contributed by atoms with E-state index in [2.05, 4.69) is 38.0 Å². The van der Waals surface area contributed by atoms with Crippen LogP contribution in [-0.4, -0.2) is 20.9 Å². The zero-order chi connectivity index (χ0) is 14.9. The third-order valence-electron chi connectivity index (χ3n) is 3.94. The molecule has 0 radical (unpaired) electrons. The molecule has 0 saturated heterocycles. The zero-order valence-electron chi connectivity index (χ0n) is 12.3. The van der Waals surface area contributed by atoms with Crippen molar-refractivity contribution >= 4 is 5.97 Å². The van der Waals surface area contributed by atoms with Crippen LogP contribution in [0.5, 0.6) is 0 Å². The predicted molar refractivity (Wildman–Crippen MR) is 78.9 cm³/mol. The number of benzene rings is 1. The molecule has 0 aliphatic carbocycles. The molecule has 0 unspecified atom stereocenters. The highest BCUT2D eigenvalue weighted by molar-refractivity contribution is 5.87. The molecule has 4 nitrogen and oxygen atoms in total. The molecule has 1 aromatic heterocycles. The second kappa shape index (κ2) is 5.12. The SMILES string of the molecule is CCC(C)(C)c1ccc(-c2cc(C(=O)O)nn2C)cc1. The van der Waals surface area contributed by atoms with Crippen molar-refractivity contribution in [3.8, 4) is 11.3 Å².